The molecule has 1 fully saturated rings. The molecule has 6 nitrogen and oxygen atoms in total. The molecule has 0 aromatic heterocycles. The van der Waals surface area contributed by atoms with Crippen molar-refractivity contribution in [1.82, 2.24) is 15.5 Å². The van der Waals surface area contributed by atoms with Gasteiger partial charge in [-0.2, -0.15) is 0 Å². The van der Waals surface area contributed by atoms with Gasteiger partial charge >= 0.3 is 0 Å². The maximum atomic E-state index is 14.0. The number of benzene rings is 1. The van der Waals surface area contributed by atoms with Gasteiger partial charge in [0, 0.05) is 43.4 Å². The van der Waals surface area contributed by atoms with E-state index in [9.17, 15) is 14.0 Å². The molecular formula is C16H21ClFN3O3. The summed E-state index contributed by atoms with van der Waals surface area (Å²) in [5.74, 6) is -0.972. The Bertz CT molecular complexity index is 580. The number of amides is 2. The lowest BCUT2D eigenvalue weighted by molar-refractivity contribution is -0.134. The van der Waals surface area contributed by atoms with Crippen LogP contribution in [0.4, 0.5) is 4.39 Å². The fourth-order valence-corrected chi connectivity index (χ4v) is 2.84. The summed E-state index contributed by atoms with van der Waals surface area (Å²) >= 11 is 6.05. The fourth-order valence-electron chi connectivity index (χ4n) is 2.61. The first-order valence-corrected chi connectivity index (χ1v) is 8.23. The van der Waals surface area contributed by atoms with Crippen LogP contribution in [0.25, 0.3) is 0 Å². The molecule has 0 radical (unpaired) electrons. The minimum absolute atomic E-state index is 0.0118. The highest BCUT2D eigenvalue weighted by Gasteiger charge is 2.32. The number of carbonyl (C=O) groups excluding carboxylic acids is 2. The van der Waals surface area contributed by atoms with Gasteiger partial charge in [-0.25, -0.2) is 4.39 Å². The Morgan fingerprint density at radius 1 is 1.50 bits per heavy atom. The Labute approximate surface area is 145 Å². The van der Waals surface area contributed by atoms with Crippen molar-refractivity contribution in [3.8, 4) is 0 Å². The van der Waals surface area contributed by atoms with Gasteiger partial charge in [0.2, 0.25) is 11.8 Å². The van der Waals surface area contributed by atoms with E-state index in [-0.39, 0.29) is 31.4 Å². The molecule has 1 atom stereocenters. The third-order valence-electron chi connectivity index (χ3n) is 3.90. The van der Waals surface area contributed by atoms with Crippen LogP contribution >= 0.6 is 11.6 Å². The molecule has 1 aromatic rings. The molecule has 0 saturated carbocycles. The van der Waals surface area contributed by atoms with Gasteiger partial charge in [-0.1, -0.05) is 17.7 Å². The fraction of sp³-hybridized carbons (Fsp3) is 0.500. The lowest BCUT2D eigenvalue weighted by Gasteiger charge is -2.35. The number of nitrogens with one attached hydrogen (secondary N) is 2. The molecule has 0 spiro atoms. The van der Waals surface area contributed by atoms with Gasteiger partial charge in [-0.15, -0.1) is 0 Å². The molecule has 2 amide bonds. The molecule has 24 heavy (non-hydrogen) atoms. The van der Waals surface area contributed by atoms with Crippen LogP contribution in [0.15, 0.2) is 18.2 Å². The van der Waals surface area contributed by atoms with Crippen molar-refractivity contribution in [3.05, 3.63) is 34.6 Å². The van der Waals surface area contributed by atoms with E-state index in [1.165, 1.54) is 12.1 Å². The normalized spacial score (nSPS) is 18.3. The summed E-state index contributed by atoms with van der Waals surface area (Å²) in [6.45, 7) is 1.44. The molecule has 2 rings (SSSR count). The zero-order chi connectivity index (χ0) is 17.5. The van der Waals surface area contributed by atoms with Crippen LogP contribution in [0.5, 0.6) is 0 Å². The highest BCUT2D eigenvalue weighted by Crippen LogP contribution is 2.23. The zero-order valence-corrected chi connectivity index (χ0v) is 14.0. The SMILES string of the molecule is O=C(C[C@H]1C(=O)NCCN1Cc1c(F)cccc1Cl)NCCCO. The second-order valence-corrected chi connectivity index (χ2v) is 6.02. The second-order valence-electron chi connectivity index (χ2n) is 5.61. The third kappa shape index (κ3) is 4.90. The van der Waals surface area contributed by atoms with Gasteiger partial charge in [0.25, 0.3) is 0 Å². The molecule has 0 unspecified atom stereocenters. The van der Waals surface area contributed by atoms with E-state index in [0.717, 1.165) is 0 Å². The van der Waals surface area contributed by atoms with Gasteiger partial charge in [0.15, 0.2) is 0 Å². The van der Waals surface area contributed by atoms with Crippen molar-refractivity contribution in [2.24, 2.45) is 0 Å². The van der Waals surface area contributed by atoms with Gasteiger partial charge in [0.05, 0.1) is 12.5 Å². The van der Waals surface area contributed by atoms with E-state index in [0.29, 0.717) is 36.6 Å². The number of hydrogen-bond acceptors (Lipinski definition) is 4. The van der Waals surface area contributed by atoms with E-state index >= 15 is 0 Å². The maximum Gasteiger partial charge on any atom is 0.237 e. The van der Waals surface area contributed by atoms with Gasteiger partial charge in [0.1, 0.15) is 5.82 Å². The van der Waals surface area contributed by atoms with Crippen LogP contribution < -0.4 is 10.6 Å². The predicted molar refractivity (Wildman–Crippen MR) is 87.9 cm³/mol. The largest absolute Gasteiger partial charge is 0.396 e. The molecular weight excluding hydrogens is 337 g/mol. The first kappa shape index (κ1) is 18.6. The molecule has 3 N–H and O–H groups in total. The van der Waals surface area contributed by atoms with Crippen LogP contribution in [-0.4, -0.2) is 54.1 Å². The predicted octanol–water partition coefficient (Wildman–Crippen LogP) is 0.668. The number of halogens is 2. The number of carbonyl (C=O) groups is 2. The molecule has 1 saturated heterocycles. The van der Waals surface area contributed by atoms with Crippen LogP contribution in [0, 0.1) is 5.82 Å². The second kappa shape index (κ2) is 8.96. The van der Waals surface area contributed by atoms with E-state index < -0.39 is 11.9 Å². The van der Waals surface area contributed by atoms with Crippen molar-refractivity contribution in [2.75, 3.05) is 26.2 Å². The van der Waals surface area contributed by atoms with E-state index in [4.69, 9.17) is 16.7 Å². The van der Waals surface area contributed by atoms with Gasteiger partial charge < -0.3 is 15.7 Å². The molecule has 8 heteroatoms. The number of piperazine rings is 1. The highest BCUT2D eigenvalue weighted by molar-refractivity contribution is 6.31. The summed E-state index contributed by atoms with van der Waals surface area (Å²) in [4.78, 5) is 25.9. The highest BCUT2D eigenvalue weighted by atomic mass is 35.5. The summed E-state index contributed by atoms with van der Waals surface area (Å²) in [5, 5.41) is 14.4. The Morgan fingerprint density at radius 3 is 3.00 bits per heavy atom. The lowest BCUT2D eigenvalue weighted by atomic mass is 10.1. The lowest BCUT2D eigenvalue weighted by Crippen LogP contribution is -2.56. The van der Waals surface area contributed by atoms with Crippen molar-refractivity contribution in [1.29, 1.82) is 0 Å². The summed E-state index contributed by atoms with van der Waals surface area (Å²) in [7, 11) is 0. The number of nitrogens with zero attached hydrogens (tertiary/aromatic N) is 1. The van der Waals surface area contributed by atoms with Crippen LogP contribution in [0.2, 0.25) is 5.02 Å². The van der Waals surface area contributed by atoms with Crippen LogP contribution in [0.1, 0.15) is 18.4 Å². The van der Waals surface area contributed by atoms with E-state index in [1.807, 2.05) is 0 Å². The van der Waals surface area contributed by atoms with Crippen LogP contribution in [0.3, 0.4) is 0 Å². The van der Waals surface area contributed by atoms with Crippen molar-refractivity contribution >= 4 is 23.4 Å². The molecule has 0 bridgehead atoms. The standard InChI is InChI=1S/C16H21ClFN3O3/c17-12-3-1-4-13(18)11(12)10-21-7-6-20-16(24)14(21)9-15(23)19-5-2-8-22/h1,3-4,14,22H,2,5-10H2,(H,19,23)(H,20,24)/t14-/m0/s1. The minimum Gasteiger partial charge on any atom is -0.396 e. The number of rotatable bonds is 7. The first-order chi connectivity index (χ1) is 11.5. The molecule has 0 aliphatic carbocycles. The van der Waals surface area contributed by atoms with Crippen molar-refractivity contribution in [2.45, 2.75) is 25.4 Å². The Morgan fingerprint density at radius 2 is 2.29 bits per heavy atom. The summed E-state index contributed by atoms with van der Waals surface area (Å²) in [6.07, 6.45) is 0.431. The quantitative estimate of drug-likeness (QED) is 0.626. The summed E-state index contributed by atoms with van der Waals surface area (Å²) in [6, 6.07) is 3.77. The smallest absolute Gasteiger partial charge is 0.237 e. The molecule has 1 aromatic carbocycles. The molecule has 1 aliphatic rings. The average Bonchev–Trinajstić information content (AvgIpc) is 2.54. The number of aliphatic hydroxyl groups excluding tert-OH is 1. The molecule has 132 valence electrons. The number of aliphatic hydroxyl groups is 1. The van der Waals surface area contributed by atoms with Crippen molar-refractivity contribution in [3.63, 3.8) is 0 Å². The van der Waals surface area contributed by atoms with E-state index in [1.54, 1.807) is 11.0 Å². The van der Waals surface area contributed by atoms with Gasteiger partial charge in [-0.05, 0) is 18.6 Å². The van der Waals surface area contributed by atoms with Gasteiger partial charge in [-0.3, -0.25) is 14.5 Å². The number of hydrogen-bond donors (Lipinski definition) is 3. The minimum atomic E-state index is -0.677. The maximum absolute atomic E-state index is 14.0. The van der Waals surface area contributed by atoms with Crippen LogP contribution in [-0.2, 0) is 16.1 Å². The summed E-state index contributed by atoms with van der Waals surface area (Å²) < 4.78 is 14.0. The third-order valence-corrected chi connectivity index (χ3v) is 4.25. The average molecular weight is 358 g/mol. The molecule has 1 heterocycles. The first-order valence-electron chi connectivity index (χ1n) is 7.85. The van der Waals surface area contributed by atoms with Crippen molar-refractivity contribution < 1.29 is 19.1 Å². The Hall–Kier alpha value is -1.70. The molecule has 1 aliphatic heterocycles. The topological polar surface area (TPSA) is 81.7 Å². The monoisotopic (exact) mass is 357 g/mol. The van der Waals surface area contributed by atoms with E-state index in [2.05, 4.69) is 10.6 Å². The Balaban J connectivity index is 2.06. The zero-order valence-electron chi connectivity index (χ0n) is 13.2. The Kier molecular flexibility index (Phi) is 6.96. The summed E-state index contributed by atoms with van der Waals surface area (Å²) in [5.41, 5.74) is 0.319.